The third-order valence-electron chi connectivity index (χ3n) is 4.90. The second-order valence-electron chi connectivity index (χ2n) is 7.11. The summed E-state index contributed by atoms with van der Waals surface area (Å²) in [7, 11) is 0. The number of nitrogens with zero attached hydrogens (tertiary/aromatic N) is 2. The molecule has 1 saturated heterocycles. The van der Waals surface area contributed by atoms with Gasteiger partial charge in [0.25, 0.3) is 11.6 Å². The number of anilines is 2. The van der Waals surface area contributed by atoms with Gasteiger partial charge in [0.2, 0.25) is 0 Å². The fourth-order valence-corrected chi connectivity index (χ4v) is 3.71. The number of halogens is 4. The summed E-state index contributed by atoms with van der Waals surface area (Å²) < 4.78 is 38.7. The molecular formula is C20H18ClF3N4O3S. The first-order chi connectivity index (χ1) is 15.1. The maximum absolute atomic E-state index is 12.9. The number of amides is 1. The van der Waals surface area contributed by atoms with E-state index in [1.54, 1.807) is 0 Å². The van der Waals surface area contributed by atoms with Gasteiger partial charge in [0.15, 0.2) is 5.11 Å². The van der Waals surface area contributed by atoms with E-state index in [0.717, 1.165) is 43.5 Å². The maximum Gasteiger partial charge on any atom is 0.416 e. The molecule has 3 rings (SSSR count). The van der Waals surface area contributed by atoms with Gasteiger partial charge >= 0.3 is 6.18 Å². The Morgan fingerprint density at radius 1 is 1.12 bits per heavy atom. The van der Waals surface area contributed by atoms with E-state index in [9.17, 15) is 28.1 Å². The summed E-state index contributed by atoms with van der Waals surface area (Å²) in [6.45, 7) is 1.39. The van der Waals surface area contributed by atoms with Crippen LogP contribution in [0, 0.1) is 10.1 Å². The van der Waals surface area contributed by atoms with Gasteiger partial charge in [-0.05, 0) is 61.8 Å². The normalized spacial score (nSPS) is 14.1. The number of thiocarbonyl (C=S) groups is 1. The largest absolute Gasteiger partial charge is 0.416 e. The summed E-state index contributed by atoms with van der Waals surface area (Å²) in [5.74, 6) is -0.751. The third kappa shape index (κ3) is 5.65. The number of benzene rings is 2. The van der Waals surface area contributed by atoms with Crippen LogP contribution in [0.15, 0.2) is 36.4 Å². The van der Waals surface area contributed by atoms with Crippen molar-refractivity contribution in [2.75, 3.05) is 23.3 Å². The monoisotopic (exact) mass is 486 g/mol. The number of piperidine rings is 1. The molecule has 12 heteroatoms. The van der Waals surface area contributed by atoms with E-state index in [2.05, 4.69) is 10.6 Å². The van der Waals surface area contributed by atoms with Crippen LogP contribution >= 0.6 is 23.8 Å². The zero-order valence-electron chi connectivity index (χ0n) is 16.5. The molecule has 0 saturated carbocycles. The number of hydrogen-bond donors (Lipinski definition) is 2. The van der Waals surface area contributed by atoms with Crippen molar-refractivity contribution >= 4 is 51.9 Å². The van der Waals surface area contributed by atoms with Crippen molar-refractivity contribution < 1.29 is 22.9 Å². The molecule has 1 fully saturated rings. The zero-order chi connectivity index (χ0) is 23.5. The molecule has 32 heavy (non-hydrogen) atoms. The molecule has 2 aromatic carbocycles. The molecular weight excluding hydrogens is 469 g/mol. The smallest absolute Gasteiger partial charge is 0.366 e. The number of carbonyl (C=O) groups excluding carboxylic acids is 1. The van der Waals surface area contributed by atoms with Crippen molar-refractivity contribution in [3.63, 3.8) is 0 Å². The maximum atomic E-state index is 12.9. The topological polar surface area (TPSA) is 87.5 Å². The molecule has 0 aromatic heterocycles. The second-order valence-corrected chi connectivity index (χ2v) is 7.92. The average molecular weight is 487 g/mol. The van der Waals surface area contributed by atoms with Crippen LogP contribution in [0.5, 0.6) is 0 Å². The Morgan fingerprint density at radius 3 is 2.44 bits per heavy atom. The highest BCUT2D eigenvalue weighted by atomic mass is 35.5. The number of alkyl halides is 3. The van der Waals surface area contributed by atoms with E-state index in [1.165, 1.54) is 12.1 Å². The van der Waals surface area contributed by atoms with Crippen LogP contribution in [0.4, 0.5) is 30.2 Å². The van der Waals surface area contributed by atoms with Gasteiger partial charge in [-0.25, -0.2) is 0 Å². The van der Waals surface area contributed by atoms with Gasteiger partial charge < -0.3 is 10.2 Å². The summed E-state index contributed by atoms with van der Waals surface area (Å²) in [5, 5.41) is 16.0. The standard InChI is InChI=1S/C20H18ClF3N4O3S/c21-14-6-5-13(20(22,23)24)11-15(14)25-19(32)26-18(29)12-4-7-16(17(10-12)28(30)31)27-8-2-1-3-9-27/h4-7,10-11H,1-3,8-9H2,(H2,25,26,29,32). The van der Waals surface area contributed by atoms with Crippen LogP contribution in [0.2, 0.25) is 5.02 Å². The van der Waals surface area contributed by atoms with Crippen LogP contribution in [-0.4, -0.2) is 29.0 Å². The Bertz CT molecular complexity index is 1060. The third-order valence-corrected chi connectivity index (χ3v) is 5.43. The quantitative estimate of drug-likeness (QED) is 0.342. The summed E-state index contributed by atoms with van der Waals surface area (Å²) in [6, 6.07) is 6.74. The fraction of sp³-hybridized carbons (Fsp3) is 0.300. The number of rotatable bonds is 4. The first kappa shape index (κ1) is 23.7. The lowest BCUT2D eigenvalue weighted by Crippen LogP contribution is -2.34. The molecule has 0 radical (unpaired) electrons. The van der Waals surface area contributed by atoms with E-state index in [-0.39, 0.29) is 27.1 Å². The number of nitro benzene ring substituents is 1. The molecule has 1 heterocycles. The van der Waals surface area contributed by atoms with E-state index in [0.29, 0.717) is 18.8 Å². The van der Waals surface area contributed by atoms with Gasteiger partial charge in [-0.15, -0.1) is 0 Å². The van der Waals surface area contributed by atoms with Crippen molar-refractivity contribution in [3.8, 4) is 0 Å². The highest BCUT2D eigenvalue weighted by Crippen LogP contribution is 2.34. The molecule has 0 aliphatic carbocycles. The van der Waals surface area contributed by atoms with Gasteiger partial charge in [-0.1, -0.05) is 11.6 Å². The van der Waals surface area contributed by atoms with Crippen molar-refractivity contribution in [1.82, 2.24) is 5.32 Å². The fourth-order valence-electron chi connectivity index (χ4n) is 3.34. The van der Waals surface area contributed by atoms with Crippen molar-refractivity contribution in [2.45, 2.75) is 25.4 Å². The number of nitrogens with one attached hydrogen (secondary N) is 2. The van der Waals surface area contributed by atoms with E-state index >= 15 is 0 Å². The minimum Gasteiger partial charge on any atom is -0.366 e. The van der Waals surface area contributed by atoms with E-state index in [1.807, 2.05) is 4.90 Å². The summed E-state index contributed by atoms with van der Waals surface area (Å²) >= 11 is 10.9. The lowest BCUT2D eigenvalue weighted by atomic mass is 10.1. The number of nitro groups is 1. The minimum atomic E-state index is -4.58. The summed E-state index contributed by atoms with van der Waals surface area (Å²) in [4.78, 5) is 25.4. The van der Waals surface area contributed by atoms with Gasteiger partial charge in [-0.3, -0.25) is 20.2 Å². The average Bonchev–Trinajstić information content (AvgIpc) is 2.74. The Morgan fingerprint density at radius 2 is 1.81 bits per heavy atom. The molecule has 1 aliphatic rings. The Labute approximate surface area is 191 Å². The lowest BCUT2D eigenvalue weighted by molar-refractivity contribution is -0.384. The van der Waals surface area contributed by atoms with Gasteiger partial charge in [0.05, 0.1) is 21.2 Å². The first-order valence-electron chi connectivity index (χ1n) is 9.59. The molecule has 2 aromatic rings. The van der Waals surface area contributed by atoms with Crippen LogP contribution in [-0.2, 0) is 6.18 Å². The molecule has 0 unspecified atom stereocenters. The highest BCUT2D eigenvalue weighted by molar-refractivity contribution is 7.80. The second kappa shape index (κ2) is 9.70. The molecule has 1 aliphatic heterocycles. The first-order valence-corrected chi connectivity index (χ1v) is 10.4. The number of carbonyl (C=O) groups is 1. The van der Waals surface area contributed by atoms with Crippen LogP contribution in [0.3, 0.4) is 0 Å². The van der Waals surface area contributed by atoms with Gasteiger partial charge in [0.1, 0.15) is 5.69 Å². The van der Waals surface area contributed by atoms with Crippen molar-refractivity contribution in [3.05, 3.63) is 62.7 Å². The number of hydrogen-bond acceptors (Lipinski definition) is 5. The Balaban J connectivity index is 1.75. The molecule has 0 spiro atoms. The predicted molar refractivity (Wildman–Crippen MR) is 119 cm³/mol. The minimum absolute atomic E-state index is 0.0169. The summed E-state index contributed by atoms with van der Waals surface area (Å²) in [6.07, 6.45) is -1.67. The molecule has 7 nitrogen and oxygen atoms in total. The molecule has 0 atom stereocenters. The van der Waals surface area contributed by atoms with Crippen LogP contribution < -0.4 is 15.5 Å². The van der Waals surface area contributed by atoms with E-state index < -0.39 is 22.6 Å². The van der Waals surface area contributed by atoms with E-state index in [4.69, 9.17) is 23.8 Å². The molecule has 1 amide bonds. The lowest BCUT2D eigenvalue weighted by Gasteiger charge is -2.28. The van der Waals surface area contributed by atoms with Gasteiger partial charge in [-0.2, -0.15) is 13.2 Å². The van der Waals surface area contributed by atoms with Gasteiger partial charge in [0, 0.05) is 24.7 Å². The van der Waals surface area contributed by atoms with Crippen LogP contribution in [0.25, 0.3) is 0 Å². The highest BCUT2D eigenvalue weighted by Gasteiger charge is 2.31. The Hall–Kier alpha value is -2.92. The molecule has 2 N–H and O–H groups in total. The Kier molecular flexibility index (Phi) is 7.19. The predicted octanol–water partition coefficient (Wildman–Crippen LogP) is 5.38. The SMILES string of the molecule is O=C(NC(=S)Nc1cc(C(F)(F)F)ccc1Cl)c1ccc(N2CCCCC2)c([N+](=O)[O-])c1. The van der Waals surface area contributed by atoms with Crippen molar-refractivity contribution in [1.29, 1.82) is 0 Å². The van der Waals surface area contributed by atoms with Crippen molar-refractivity contribution in [2.24, 2.45) is 0 Å². The zero-order valence-corrected chi connectivity index (χ0v) is 18.1. The summed E-state index contributed by atoms with van der Waals surface area (Å²) in [5.41, 5.74) is -0.875. The molecule has 170 valence electrons. The van der Waals surface area contributed by atoms with Crippen LogP contribution in [0.1, 0.15) is 35.2 Å². The molecule has 0 bridgehead atoms.